The number of aryl methyl sites for hydroxylation is 1. The SMILES string of the molecule is COc1ccc(N2CCN([C@H](C)C(=O)NCc3cccc(C)c3)CC2)cc1. The molecule has 3 rings (SSSR count). The predicted octanol–water partition coefficient (Wildman–Crippen LogP) is 2.83. The van der Waals surface area contributed by atoms with Gasteiger partial charge in [0.25, 0.3) is 0 Å². The fourth-order valence-electron chi connectivity index (χ4n) is 3.49. The monoisotopic (exact) mass is 367 g/mol. The van der Waals surface area contributed by atoms with Crippen molar-refractivity contribution in [3.63, 3.8) is 0 Å². The zero-order valence-electron chi connectivity index (χ0n) is 16.4. The molecule has 0 radical (unpaired) electrons. The number of nitrogens with one attached hydrogen (secondary N) is 1. The van der Waals surface area contributed by atoms with E-state index in [1.54, 1.807) is 7.11 Å². The van der Waals surface area contributed by atoms with E-state index in [1.165, 1.54) is 11.3 Å². The van der Waals surface area contributed by atoms with Crippen molar-refractivity contribution in [2.45, 2.75) is 26.4 Å². The van der Waals surface area contributed by atoms with E-state index < -0.39 is 0 Å². The van der Waals surface area contributed by atoms with Crippen molar-refractivity contribution >= 4 is 11.6 Å². The summed E-state index contributed by atoms with van der Waals surface area (Å²) in [6.45, 7) is 8.24. The summed E-state index contributed by atoms with van der Waals surface area (Å²) in [5, 5.41) is 3.07. The van der Waals surface area contributed by atoms with E-state index in [9.17, 15) is 4.79 Å². The fraction of sp³-hybridized carbons (Fsp3) is 0.409. The average Bonchev–Trinajstić information content (AvgIpc) is 2.72. The number of amides is 1. The second-order valence-corrected chi connectivity index (χ2v) is 7.10. The normalized spacial score (nSPS) is 16.0. The lowest BCUT2D eigenvalue weighted by atomic mass is 10.1. The highest BCUT2D eigenvalue weighted by atomic mass is 16.5. The van der Waals surface area contributed by atoms with Gasteiger partial charge in [0.15, 0.2) is 0 Å². The first-order chi connectivity index (χ1) is 13.1. The maximum Gasteiger partial charge on any atom is 0.237 e. The van der Waals surface area contributed by atoms with Gasteiger partial charge < -0.3 is 15.0 Å². The number of ether oxygens (including phenoxy) is 1. The Morgan fingerprint density at radius 3 is 2.44 bits per heavy atom. The molecular formula is C22H29N3O2. The lowest BCUT2D eigenvalue weighted by Gasteiger charge is -2.38. The number of hydrogen-bond acceptors (Lipinski definition) is 4. The quantitative estimate of drug-likeness (QED) is 0.853. The van der Waals surface area contributed by atoms with Crippen LogP contribution in [0.15, 0.2) is 48.5 Å². The number of hydrogen-bond donors (Lipinski definition) is 1. The van der Waals surface area contributed by atoms with Crippen LogP contribution in [0.2, 0.25) is 0 Å². The van der Waals surface area contributed by atoms with Crippen LogP contribution in [0.1, 0.15) is 18.1 Å². The first kappa shape index (κ1) is 19.2. The third-order valence-electron chi connectivity index (χ3n) is 5.23. The highest BCUT2D eigenvalue weighted by Crippen LogP contribution is 2.21. The molecule has 1 N–H and O–H groups in total. The number of methoxy groups -OCH3 is 1. The van der Waals surface area contributed by atoms with Gasteiger partial charge in [-0.25, -0.2) is 0 Å². The van der Waals surface area contributed by atoms with Crippen LogP contribution in [-0.4, -0.2) is 50.1 Å². The Morgan fingerprint density at radius 2 is 1.81 bits per heavy atom. The molecule has 1 heterocycles. The molecule has 5 nitrogen and oxygen atoms in total. The first-order valence-electron chi connectivity index (χ1n) is 9.53. The Morgan fingerprint density at radius 1 is 1.11 bits per heavy atom. The van der Waals surface area contributed by atoms with Crippen LogP contribution in [0, 0.1) is 6.92 Å². The molecule has 0 aliphatic carbocycles. The topological polar surface area (TPSA) is 44.8 Å². The highest BCUT2D eigenvalue weighted by molar-refractivity contribution is 5.81. The molecule has 2 aromatic carbocycles. The van der Waals surface area contributed by atoms with Crippen molar-refractivity contribution in [2.75, 3.05) is 38.2 Å². The zero-order valence-corrected chi connectivity index (χ0v) is 16.4. The van der Waals surface area contributed by atoms with E-state index in [4.69, 9.17) is 4.74 Å². The Kier molecular flexibility index (Phi) is 6.35. The third kappa shape index (κ3) is 5.01. The van der Waals surface area contributed by atoms with Gasteiger partial charge in [0.2, 0.25) is 5.91 Å². The summed E-state index contributed by atoms with van der Waals surface area (Å²) in [6, 6.07) is 16.3. The van der Waals surface area contributed by atoms with Gasteiger partial charge in [0, 0.05) is 38.4 Å². The molecule has 1 amide bonds. The molecule has 0 aromatic heterocycles. The van der Waals surface area contributed by atoms with Gasteiger partial charge in [-0.3, -0.25) is 9.69 Å². The lowest BCUT2D eigenvalue weighted by molar-refractivity contribution is -0.126. The highest BCUT2D eigenvalue weighted by Gasteiger charge is 2.25. The molecule has 1 saturated heterocycles. The van der Waals surface area contributed by atoms with Crippen molar-refractivity contribution in [3.8, 4) is 5.75 Å². The molecular weight excluding hydrogens is 338 g/mol. The number of anilines is 1. The molecule has 144 valence electrons. The number of benzene rings is 2. The Balaban J connectivity index is 1.48. The van der Waals surface area contributed by atoms with E-state index in [-0.39, 0.29) is 11.9 Å². The zero-order chi connectivity index (χ0) is 19.2. The Labute approximate surface area is 161 Å². The summed E-state index contributed by atoms with van der Waals surface area (Å²) >= 11 is 0. The summed E-state index contributed by atoms with van der Waals surface area (Å²) in [5.41, 5.74) is 3.55. The number of nitrogens with zero attached hydrogens (tertiary/aromatic N) is 2. The fourth-order valence-corrected chi connectivity index (χ4v) is 3.49. The number of rotatable bonds is 6. The van der Waals surface area contributed by atoms with Gasteiger partial charge in [-0.05, 0) is 43.7 Å². The summed E-state index contributed by atoms with van der Waals surface area (Å²) in [5.74, 6) is 0.964. The van der Waals surface area contributed by atoms with Crippen LogP contribution in [0.25, 0.3) is 0 Å². The van der Waals surface area contributed by atoms with Gasteiger partial charge >= 0.3 is 0 Å². The van der Waals surface area contributed by atoms with Gasteiger partial charge in [-0.15, -0.1) is 0 Å². The van der Waals surface area contributed by atoms with E-state index in [0.717, 1.165) is 37.5 Å². The van der Waals surface area contributed by atoms with E-state index in [0.29, 0.717) is 6.54 Å². The molecule has 1 aliphatic heterocycles. The molecule has 5 heteroatoms. The molecule has 0 bridgehead atoms. The van der Waals surface area contributed by atoms with E-state index >= 15 is 0 Å². The second-order valence-electron chi connectivity index (χ2n) is 7.10. The van der Waals surface area contributed by atoms with Crippen LogP contribution in [-0.2, 0) is 11.3 Å². The largest absolute Gasteiger partial charge is 0.497 e. The summed E-state index contributed by atoms with van der Waals surface area (Å²) in [6.07, 6.45) is 0. The van der Waals surface area contributed by atoms with Crippen LogP contribution in [0.4, 0.5) is 5.69 Å². The summed E-state index contributed by atoms with van der Waals surface area (Å²) in [7, 11) is 1.68. The Bertz CT molecular complexity index is 752. The summed E-state index contributed by atoms with van der Waals surface area (Å²) < 4.78 is 5.22. The summed E-state index contributed by atoms with van der Waals surface area (Å²) in [4.78, 5) is 17.2. The molecule has 1 fully saturated rings. The maximum atomic E-state index is 12.5. The average molecular weight is 367 g/mol. The van der Waals surface area contributed by atoms with E-state index in [2.05, 4.69) is 46.3 Å². The van der Waals surface area contributed by atoms with Crippen LogP contribution in [0.5, 0.6) is 5.75 Å². The minimum atomic E-state index is -0.118. The Hall–Kier alpha value is -2.53. The molecule has 0 spiro atoms. The van der Waals surface area contributed by atoms with Crippen molar-refractivity contribution in [1.29, 1.82) is 0 Å². The first-order valence-corrected chi connectivity index (χ1v) is 9.53. The molecule has 2 aromatic rings. The molecule has 0 saturated carbocycles. The van der Waals surface area contributed by atoms with Crippen LogP contribution < -0.4 is 15.0 Å². The smallest absolute Gasteiger partial charge is 0.237 e. The van der Waals surface area contributed by atoms with Gasteiger partial charge in [-0.2, -0.15) is 0 Å². The van der Waals surface area contributed by atoms with Crippen molar-refractivity contribution < 1.29 is 9.53 Å². The predicted molar refractivity (Wildman–Crippen MR) is 109 cm³/mol. The van der Waals surface area contributed by atoms with Gasteiger partial charge in [0.1, 0.15) is 5.75 Å². The second kappa shape index (κ2) is 8.91. The van der Waals surface area contributed by atoms with Gasteiger partial charge in [-0.1, -0.05) is 29.8 Å². The van der Waals surface area contributed by atoms with Gasteiger partial charge in [0.05, 0.1) is 13.2 Å². The van der Waals surface area contributed by atoms with Crippen molar-refractivity contribution in [1.82, 2.24) is 10.2 Å². The van der Waals surface area contributed by atoms with Crippen LogP contribution >= 0.6 is 0 Å². The molecule has 1 aliphatic rings. The lowest BCUT2D eigenvalue weighted by Crippen LogP contribution is -2.53. The number of piperazine rings is 1. The van der Waals surface area contributed by atoms with E-state index in [1.807, 2.05) is 31.2 Å². The maximum absolute atomic E-state index is 12.5. The van der Waals surface area contributed by atoms with Crippen molar-refractivity contribution in [2.24, 2.45) is 0 Å². The molecule has 27 heavy (non-hydrogen) atoms. The standard InChI is InChI=1S/C22H29N3O2/c1-17-5-4-6-19(15-17)16-23-22(26)18(2)24-11-13-25(14-12-24)20-7-9-21(27-3)10-8-20/h4-10,15,18H,11-14,16H2,1-3H3,(H,23,26)/t18-/m1/s1. The third-order valence-corrected chi connectivity index (χ3v) is 5.23. The minimum Gasteiger partial charge on any atom is -0.497 e. The minimum absolute atomic E-state index is 0.0920. The number of carbonyl (C=O) groups is 1. The number of carbonyl (C=O) groups excluding carboxylic acids is 1. The molecule has 0 unspecified atom stereocenters. The van der Waals surface area contributed by atoms with Crippen LogP contribution in [0.3, 0.4) is 0 Å². The molecule has 1 atom stereocenters. The van der Waals surface area contributed by atoms with Crippen molar-refractivity contribution in [3.05, 3.63) is 59.7 Å².